The molecule has 0 aliphatic carbocycles. The van der Waals surface area contributed by atoms with Gasteiger partial charge in [-0.15, -0.1) is 0 Å². The first-order valence-electron chi connectivity index (χ1n) is 4.93. The van der Waals surface area contributed by atoms with Crippen molar-refractivity contribution >= 4 is 29.1 Å². The number of benzene rings is 1. The van der Waals surface area contributed by atoms with Crippen molar-refractivity contribution in [1.82, 2.24) is 10.6 Å². The van der Waals surface area contributed by atoms with Gasteiger partial charge in [-0.3, -0.25) is 4.79 Å². The van der Waals surface area contributed by atoms with Crippen LogP contribution in [0.1, 0.15) is 18.5 Å². The predicted molar refractivity (Wildman–Crippen MR) is 66.9 cm³/mol. The van der Waals surface area contributed by atoms with E-state index >= 15 is 0 Å². The Morgan fingerprint density at radius 3 is 2.69 bits per heavy atom. The van der Waals surface area contributed by atoms with Crippen LogP contribution in [0.2, 0.25) is 10.0 Å². The van der Waals surface area contributed by atoms with Crippen molar-refractivity contribution in [3.8, 4) is 0 Å². The second-order valence-corrected chi connectivity index (χ2v) is 4.33. The molecule has 1 aromatic carbocycles. The fourth-order valence-electron chi connectivity index (χ4n) is 1.38. The minimum atomic E-state index is -0.134. The van der Waals surface area contributed by atoms with Gasteiger partial charge in [-0.25, -0.2) is 0 Å². The number of rotatable bonds is 4. The highest BCUT2D eigenvalue weighted by Crippen LogP contribution is 2.25. The number of nitrogens with one attached hydrogen (secondary N) is 2. The molecule has 1 unspecified atom stereocenters. The standard InChI is InChI=1S/C11H14Cl2N2O/c1-7(15-11(16)6-14-2)9-4-3-8(12)5-10(9)13/h3-5,7,14H,6H2,1-2H3,(H,15,16). The maximum absolute atomic E-state index is 11.4. The Kier molecular flexibility index (Phi) is 5.06. The van der Waals surface area contributed by atoms with E-state index in [2.05, 4.69) is 10.6 Å². The summed E-state index contributed by atoms with van der Waals surface area (Å²) in [4.78, 5) is 11.4. The number of carbonyl (C=O) groups excluding carboxylic acids is 1. The normalized spacial score (nSPS) is 12.2. The number of likely N-dealkylation sites (N-methyl/N-ethyl adjacent to an activating group) is 1. The molecule has 0 aliphatic rings. The Labute approximate surface area is 105 Å². The summed E-state index contributed by atoms with van der Waals surface area (Å²) in [6.45, 7) is 2.16. The van der Waals surface area contributed by atoms with Gasteiger partial charge >= 0.3 is 0 Å². The number of hydrogen-bond donors (Lipinski definition) is 2. The third kappa shape index (κ3) is 3.67. The zero-order valence-electron chi connectivity index (χ0n) is 9.18. The molecule has 1 amide bonds. The molecule has 0 aliphatic heterocycles. The maximum atomic E-state index is 11.4. The lowest BCUT2D eigenvalue weighted by molar-refractivity contribution is -0.120. The van der Waals surface area contributed by atoms with E-state index in [1.54, 1.807) is 19.2 Å². The lowest BCUT2D eigenvalue weighted by Gasteiger charge is -2.15. The molecule has 1 rings (SSSR count). The highest BCUT2D eigenvalue weighted by Gasteiger charge is 2.12. The number of carbonyl (C=O) groups is 1. The monoisotopic (exact) mass is 260 g/mol. The van der Waals surface area contributed by atoms with Gasteiger partial charge in [0, 0.05) is 10.0 Å². The molecule has 0 saturated carbocycles. The van der Waals surface area contributed by atoms with Crippen molar-refractivity contribution in [1.29, 1.82) is 0 Å². The van der Waals surface area contributed by atoms with E-state index in [0.717, 1.165) is 5.56 Å². The van der Waals surface area contributed by atoms with Gasteiger partial charge in [-0.05, 0) is 31.7 Å². The molecule has 1 atom stereocenters. The van der Waals surface area contributed by atoms with E-state index in [4.69, 9.17) is 23.2 Å². The summed E-state index contributed by atoms with van der Waals surface area (Å²) in [7, 11) is 1.72. The minimum Gasteiger partial charge on any atom is -0.348 e. The molecule has 3 nitrogen and oxygen atoms in total. The van der Waals surface area contributed by atoms with Crippen molar-refractivity contribution in [3.05, 3.63) is 33.8 Å². The topological polar surface area (TPSA) is 41.1 Å². The Bertz CT molecular complexity index is 382. The third-order valence-corrected chi connectivity index (χ3v) is 2.71. The van der Waals surface area contributed by atoms with Crippen LogP contribution in [-0.4, -0.2) is 19.5 Å². The van der Waals surface area contributed by atoms with Crippen molar-refractivity contribution in [2.75, 3.05) is 13.6 Å². The van der Waals surface area contributed by atoms with E-state index in [9.17, 15) is 4.79 Å². The van der Waals surface area contributed by atoms with Crippen LogP contribution in [0.4, 0.5) is 0 Å². The van der Waals surface area contributed by atoms with Crippen molar-refractivity contribution in [2.24, 2.45) is 0 Å². The summed E-state index contributed by atoms with van der Waals surface area (Å²) < 4.78 is 0. The van der Waals surface area contributed by atoms with Crippen LogP contribution < -0.4 is 10.6 Å². The Morgan fingerprint density at radius 2 is 2.12 bits per heavy atom. The highest BCUT2D eigenvalue weighted by atomic mass is 35.5. The largest absolute Gasteiger partial charge is 0.348 e. The van der Waals surface area contributed by atoms with Crippen LogP contribution >= 0.6 is 23.2 Å². The Hall–Kier alpha value is -0.770. The average Bonchev–Trinajstić information content (AvgIpc) is 2.17. The molecule has 0 bridgehead atoms. The maximum Gasteiger partial charge on any atom is 0.234 e. The van der Waals surface area contributed by atoms with Crippen LogP contribution in [0.25, 0.3) is 0 Å². The molecule has 2 N–H and O–H groups in total. The molecule has 0 heterocycles. The van der Waals surface area contributed by atoms with E-state index in [-0.39, 0.29) is 18.5 Å². The Balaban J connectivity index is 2.72. The fraction of sp³-hybridized carbons (Fsp3) is 0.364. The first-order valence-corrected chi connectivity index (χ1v) is 5.69. The Morgan fingerprint density at radius 1 is 1.44 bits per heavy atom. The van der Waals surface area contributed by atoms with Crippen molar-refractivity contribution in [3.63, 3.8) is 0 Å². The number of hydrogen-bond acceptors (Lipinski definition) is 2. The minimum absolute atomic E-state index is 0.0685. The summed E-state index contributed by atoms with van der Waals surface area (Å²) in [6, 6.07) is 5.10. The molecule has 0 saturated heterocycles. The first kappa shape index (κ1) is 13.3. The lowest BCUT2D eigenvalue weighted by Crippen LogP contribution is -2.34. The lowest BCUT2D eigenvalue weighted by atomic mass is 10.1. The third-order valence-electron chi connectivity index (χ3n) is 2.14. The van der Waals surface area contributed by atoms with Crippen LogP contribution in [-0.2, 0) is 4.79 Å². The van der Waals surface area contributed by atoms with Gasteiger partial charge in [0.15, 0.2) is 0 Å². The van der Waals surface area contributed by atoms with Gasteiger partial charge < -0.3 is 10.6 Å². The molecular weight excluding hydrogens is 247 g/mol. The van der Waals surface area contributed by atoms with Crippen LogP contribution in [0, 0.1) is 0 Å². The zero-order chi connectivity index (χ0) is 12.1. The van der Waals surface area contributed by atoms with Gasteiger partial charge in [0.25, 0.3) is 0 Å². The first-order chi connectivity index (χ1) is 7.54. The summed E-state index contributed by atoms with van der Waals surface area (Å²) in [5.41, 5.74) is 0.857. The van der Waals surface area contributed by atoms with E-state index < -0.39 is 0 Å². The zero-order valence-corrected chi connectivity index (χ0v) is 10.7. The average molecular weight is 261 g/mol. The van der Waals surface area contributed by atoms with Gasteiger partial charge in [0.1, 0.15) is 0 Å². The molecule has 5 heteroatoms. The molecule has 16 heavy (non-hydrogen) atoms. The molecule has 0 spiro atoms. The molecular formula is C11H14Cl2N2O. The van der Waals surface area contributed by atoms with Crippen molar-refractivity contribution in [2.45, 2.75) is 13.0 Å². The second kappa shape index (κ2) is 6.09. The van der Waals surface area contributed by atoms with Gasteiger partial charge in [0.05, 0.1) is 12.6 Å². The van der Waals surface area contributed by atoms with Gasteiger partial charge in [-0.2, -0.15) is 0 Å². The van der Waals surface area contributed by atoms with E-state index in [1.807, 2.05) is 13.0 Å². The van der Waals surface area contributed by atoms with E-state index in [1.165, 1.54) is 0 Å². The van der Waals surface area contributed by atoms with Crippen LogP contribution in [0.15, 0.2) is 18.2 Å². The molecule has 0 radical (unpaired) electrons. The number of amides is 1. The second-order valence-electron chi connectivity index (χ2n) is 3.49. The molecule has 0 aromatic heterocycles. The van der Waals surface area contributed by atoms with Gasteiger partial charge in [0.2, 0.25) is 5.91 Å². The summed E-state index contributed by atoms with van der Waals surface area (Å²) in [6.07, 6.45) is 0. The van der Waals surface area contributed by atoms with Crippen LogP contribution in [0.5, 0.6) is 0 Å². The fourth-order valence-corrected chi connectivity index (χ4v) is 1.96. The predicted octanol–water partition coefficient (Wildman–Crippen LogP) is 2.39. The summed E-state index contributed by atoms with van der Waals surface area (Å²) >= 11 is 11.8. The number of halogens is 2. The molecule has 1 aromatic rings. The summed E-state index contributed by atoms with van der Waals surface area (Å²) in [5.74, 6) is -0.0685. The summed E-state index contributed by atoms with van der Waals surface area (Å²) in [5, 5.41) is 6.76. The van der Waals surface area contributed by atoms with E-state index in [0.29, 0.717) is 10.0 Å². The molecule has 88 valence electrons. The molecule has 0 fully saturated rings. The van der Waals surface area contributed by atoms with Gasteiger partial charge in [-0.1, -0.05) is 29.3 Å². The highest BCUT2D eigenvalue weighted by molar-refractivity contribution is 6.35. The van der Waals surface area contributed by atoms with Crippen molar-refractivity contribution < 1.29 is 4.79 Å². The van der Waals surface area contributed by atoms with Crippen LogP contribution in [0.3, 0.4) is 0 Å². The quantitative estimate of drug-likeness (QED) is 0.873. The smallest absolute Gasteiger partial charge is 0.234 e. The SMILES string of the molecule is CNCC(=O)NC(C)c1ccc(Cl)cc1Cl.